The van der Waals surface area contributed by atoms with E-state index in [1.165, 1.54) is 4.90 Å². The van der Waals surface area contributed by atoms with Crippen molar-refractivity contribution in [3.8, 4) is 11.5 Å². The minimum Gasteiger partial charge on any atom is -0.359 e. The Morgan fingerprint density at radius 3 is 2.82 bits per heavy atom. The molecule has 2 amide bonds. The maximum Gasteiger partial charge on any atom is 0.433 e. The van der Waals surface area contributed by atoms with Crippen LogP contribution in [0.4, 0.5) is 13.2 Å². The van der Waals surface area contributed by atoms with Gasteiger partial charge in [-0.05, 0) is 30.9 Å². The molecule has 0 aromatic carbocycles. The van der Waals surface area contributed by atoms with Crippen molar-refractivity contribution >= 4 is 11.8 Å². The summed E-state index contributed by atoms with van der Waals surface area (Å²) in [5, 5.41) is 0. The Hall–Kier alpha value is -2.95. The fourth-order valence-corrected chi connectivity index (χ4v) is 4.44. The smallest absolute Gasteiger partial charge is 0.359 e. The molecule has 0 saturated carbocycles. The van der Waals surface area contributed by atoms with Gasteiger partial charge in [-0.2, -0.15) is 13.2 Å². The maximum atomic E-state index is 13.7. The first kappa shape index (κ1) is 23.2. The number of nitrogens with one attached hydrogen (secondary N) is 1. The predicted molar refractivity (Wildman–Crippen MR) is 114 cm³/mol. The van der Waals surface area contributed by atoms with Crippen molar-refractivity contribution in [1.82, 2.24) is 24.8 Å². The number of hydrogen-bond donors (Lipinski definition) is 2. The molecule has 0 unspecified atom stereocenters. The number of hydrogen-bond acceptors (Lipinski definition) is 5. The van der Waals surface area contributed by atoms with Crippen molar-refractivity contribution in [1.29, 1.82) is 0 Å². The topological polar surface area (TPSA) is 108 Å². The van der Waals surface area contributed by atoms with Crippen molar-refractivity contribution in [3.63, 3.8) is 0 Å². The van der Waals surface area contributed by atoms with Crippen LogP contribution in [0.2, 0.25) is 0 Å². The molecule has 1 saturated heterocycles. The van der Waals surface area contributed by atoms with Gasteiger partial charge in [0.15, 0.2) is 11.5 Å². The normalized spacial score (nSPS) is 20.0. The minimum atomic E-state index is -4.62. The van der Waals surface area contributed by atoms with E-state index in [0.717, 1.165) is 6.42 Å². The van der Waals surface area contributed by atoms with Gasteiger partial charge in [0.25, 0.3) is 0 Å². The van der Waals surface area contributed by atoms with E-state index >= 15 is 0 Å². The van der Waals surface area contributed by atoms with E-state index in [0.29, 0.717) is 24.6 Å². The molecule has 0 spiro atoms. The standard InChI is InChI=1S/C22H27F3N6O2/c1-13-4-5-18(32)31(10-13)11-14(26)9-19(33)30-8-6-15-17(12-30)28-21(16-3-2-7-27-16)29-20(15)22(23,24)25/h2-3,7,13-14,27H,4-6,8-12,26H2,1H3/t13-,14+/m1/s1. The number of alkyl halides is 3. The Balaban J connectivity index is 1.48. The molecule has 0 radical (unpaired) electrons. The predicted octanol–water partition coefficient (Wildman–Crippen LogP) is 2.35. The van der Waals surface area contributed by atoms with Crippen LogP contribution in [-0.4, -0.2) is 62.2 Å². The maximum absolute atomic E-state index is 13.7. The number of rotatable bonds is 5. The highest BCUT2D eigenvalue weighted by Gasteiger charge is 2.39. The van der Waals surface area contributed by atoms with E-state index in [2.05, 4.69) is 21.9 Å². The Labute approximate surface area is 189 Å². The summed E-state index contributed by atoms with van der Waals surface area (Å²) in [7, 11) is 0. The molecule has 2 atom stereocenters. The lowest BCUT2D eigenvalue weighted by molar-refractivity contribution is -0.142. The van der Waals surface area contributed by atoms with Crippen molar-refractivity contribution in [2.24, 2.45) is 11.7 Å². The van der Waals surface area contributed by atoms with Crippen LogP contribution in [0, 0.1) is 5.92 Å². The van der Waals surface area contributed by atoms with Crippen LogP contribution in [0.25, 0.3) is 11.5 Å². The third-order valence-corrected chi connectivity index (χ3v) is 6.15. The summed E-state index contributed by atoms with van der Waals surface area (Å²) in [4.78, 5) is 39.1. The molecule has 1 fully saturated rings. The second-order valence-corrected chi connectivity index (χ2v) is 8.87. The molecule has 33 heavy (non-hydrogen) atoms. The van der Waals surface area contributed by atoms with Gasteiger partial charge in [-0.25, -0.2) is 9.97 Å². The summed E-state index contributed by atoms with van der Waals surface area (Å²) in [5.74, 6) is 0.103. The molecular weight excluding hydrogens is 437 g/mol. The van der Waals surface area contributed by atoms with Gasteiger partial charge >= 0.3 is 6.18 Å². The van der Waals surface area contributed by atoms with Crippen molar-refractivity contribution < 1.29 is 22.8 Å². The quantitative estimate of drug-likeness (QED) is 0.706. The lowest BCUT2D eigenvalue weighted by Crippen LogP contribution is -2.48. The molecular formula is C22H27F3N6O2. The summed E-state index contributed by atoms with van der Waals surface area (Å²) >= 11 is 0. The molecule has 4 rings (SSSR count). The fourth-order valence-electron chi connectivity index (χ4n) is 4.44. The summed E-state index contributed by atoms with van der Waals surface area (Å²) < 4.78 is 41.0. The molecule has 0 aliphatic carbocycles. The number of aromatic amines is 1. The lowest BCUT2D eigenvalue weighted by Gasteiger charge is -2.34. The average molecular weight is 464 g/mol. The Kier molecular flexibility index (Phi) is 6.42. The van der Waals surface area contributed by atoms with Crippen molar-refractivity contribution in [3.05, 3.63) is 35.3 Å². The molecule has 2 aromatic heterocycles. The van der Waals surface area contributed by atoms with Gasteiger partial charge in [0.05, 0.1) is 17.9 Å². The minimum absolute atomic E-state index is 0.00813. The van der Waals surface area contributed by atoms with E-state index in [1.54, 1.807) is 23.2 Å². The summed E-state index contributed by atoms with van der Waals surface area (Å²) in [6.45, 7) is 3.07. The first-order valence-electron chi connectivity index (χ1n) is 11.0. The van der Waals surface area contributed by atoms with Crippen LogP contribution in [0.15, 0.2) is 18.3 Å². The zero-order valence-electron chi connectivity index (χ0n) is 18.4. The number of nitrogens with two attached hydrogens (primary N) is 1. The van der Waals surface area contributed by atoms with Crippen LogP contribution in [0.1, 0.15) is 43.1 Å². The van der Waals surface area contributed by atoms with Crippen molar-refractivity contribution in [2.45, 2.75) is 51.4 Å². The Bertz CT molecular complexity index is 1020. The van der Waals surface area contributed by atoms with Gasteiger partial charge in [-0.1, -0.05) is 6.92 Å². The zero-order chi connectivity index (χ0) is 23.8. The SMILES string of the molecule is C[C@@H]1CCC(=O)N(C[C@@H](N)CC(=O)N2CCc3c(nc(-c4ccc[nH]4)nc3C(F)(F)F)C2)C1. The average Bonchev–Trinajstić information content (AvgIpc) is 3.29. The van der Waals surface area contributed by atoms with Crippen LogP contribution in [0.3, 0.4) is 0 Å². The van der Waals surface area contributed by atoms with Gasteiger partial charge in [-0.15, -0.1) is 0 Å². The fraction of sp³-hybridized carbons (Fsp3) is 0.545. The molecule has 0 bridgehead atoms. The molecule has 2 aliphatic heterocycles. The number of piperidine rings is 1. The summed E-state index contributed by atoms with van der Waals surface area (Å²) in [5.41, 5.74) is 5.79. The molecule has 11 heteroatoms. The Morgan fingerprint density at radius 1 is 1.33 bits per heavy atom. The molecule has 4 heterocycles. The first-order valence-corrected chi connectivity index (χ1v) is 11.0. The number of amides is 2. The van der Waals surface area contributed by atoms with E-state index < -0.39 is 17.9 Å². The van der Waals surface area contributed by atoms with Crippen LogP contribution < -0.4 is 5.73 Å². The van der Waals surface area contributed by atoms with E-state index in [1.807, 2.05) is 0 Å². The van der Waals surface area contributed by atoms with Gasteiger partial charge in [0.2, 0.25) is 11.8 Å². The summed E-state index contributed by atoms with van der Waals surface area (Å²) in [6.07, 6.45) is -1.69. The number of nitrogens with zero attached hydrogens (tertiary/aromatic N) is 4. The number of fused-ring (bicyclic) bond motifs is 1. The number of carbonyl (C=O) groups excluding carboxylic acids is 2. The number of carbonyl (C=O) groups is 2. The molecule has 8 nitrogen and oxygen atoms in total. The van der Waals surface area contributed by atoms with Gasteiger partial charge in [0, 0.05) is 50.3 Å². The number of aromatic nitrogens is 3. The number of likely N-dealkylation sites (tertiary alicyclic amines) is 1. The van der Waals surface area contributed by atoms with Gasteiger partial charge in [-0.3, -0.25) is 9.59 Å². The van der Waals surface area contributed by atoms with Crippen molar-refractivity contribution in [2.75, 3.05) is 19.6 Å². The third kappa shape index (κ3) is 5.18. The highest BCUT2D eigenvalue weighted by Crippen LogP contribution is 2.35. The molecule has 2 aromatic rings. The molecule has 3 N–H and O–H groups in total. The van der Waals surface area contributed by atoms with Crippen LogP contribution in [0.5, 0.6) is 0 Å². The van der Waals surface area contributed by atoms with Gasteiger partial charge < -0.3 is 20.5 Å². The highest BCUT2D eigenvalue weighted by atomic mass is 19.4. The summed E-state index contributed by atoms with van der Waals surface area (Å²) in [6, 6.07) is 2.70. The third-order valence-electron chi connectivity index (χ3n) is 6.15. The largest absolute Gasteiger partial charge is 0.433 e. The zero-order valence-corrected chi connectivity index (χ0v) is 18.4. The number of H-pyrrole nitrogens is 1. The van der Waals surface area contributed by atoms with Crippen LogP contribution in [-0.2, 0) is 28.7 Å². The van der Waals surface area contributed by atoms with Gasteiger partial charge in [0.1, 0.15) is 0 Å². The molecule has 2 aliphatic rings. The van der Waals surface area contributed by atoms with E-state index in [9.17, 15) is 22.8 Å². The second kappa shape index (κ2) is 9.12. The highest BCUT2D eigenvalue weighted by molar-refractivity contribution is 5.78. The Morgan fingerprint density at radius 2 is 2.12 bits per heavy atom. The van der Waals surface area contributed by atoms with E-state index in [4.69, 9.17) is 5.73 Å². The monoisotopic (exact) mass is 464 g/mol. The lowest BCUT2D eigenvalue weighted by atomic mass is 9.98. The first-order chi connectivity index (χ1) is 15.6. The second-order valence-electron chi connectivity index (χ2n) is 8.87. The number of halogens is 3. The van der Waals surface area contributed by atoms with E-state index in [-0.39, 0.29) is 61.4 Å². The van der Waals surface area contributed by atoms with Crippen LogP contribution >= 0.6 is 0 Å². The molecule has 178 valence electrons.